The summed E-state index contributed by atoms with van der Waals surface area (Å²) in [6.45, 7) is 2.02. The van der Waals surface area contributed by atoms with Crippen LogP contribution in [-0.2, 0) is 0 Å². The minimum absolute atomic E-state index is 0.261. The molecule has 0 radical (unpaired) electrons. The molecule has 0 fully saturated rings. The summed E-state index contributed by atoms with van der Waals surface area (Å²) in [4.78, 5) is 11.7. The molecule has 96 valence electrons. The van der Waals surface area contributed by atoms with E-state index in [1.54, 1.807) is 30.5 Å². The van der Waals surface area contributed by atoms with Gasteiger partial charge in [0.2, 0.25) is 0 Å². The maximum atomic E-state index is 11.7. The van der Waals surface area contributed by atoms with Crippen molar-refractivity contribution in [2.24, 2.45) is 5.10 Å². The van der Waals surface area contributed by atoms with E-state index in [1.807, 2.05) is 31.2 Å². The van der Waals surface area contributed by atoms with Crippen LogP contribution in [0.1, 0.15) is 21.5 Å². The van der Waals surface area contributed by atoms with Gasteiger partial charge < -0.3 is 5.73 Å². The zero-order valence-electron chi connectivity index (χ0n) is 10.6. The SMILES string of the molecule is Cc1ccc(C=NNC(=O)c2ccc(N)cc2)cc1. The Balaban J connectivity index is 1.96. The molecular formula is C15H15N3O. The van der Waals surface area contributed by atoms with Crippen molar-refractivity contribution >= 4 is 17.8 Å². The number of amides is 1. The van der Waals surface area contributed by atoms with Crippen LogP contribution < -0.4 is 11.2 Å². The smallest absolute Gasteiger partial charge is 0.271 e. The lowest BCUT2D eigenvalue weighted by molar-refractivity contribution is 0.0955. The maximum absolute atomic E-state index is 11.7. The van der Waals surface area contributed by atoms with Crippen LogP contribution in [0.3, 0.4) is 0 Å². The normalized spacial score (nSPS) is 10.6. The number of nitrogens with one attached hydrogen (secondary N) is 1. The van der Waals surface area contributed by atoms with Crippen LogP contribution in [-0.4, -0.2) is 12.1 Å². The van der Waals surface area contributed by atoms with Gasteiger partial charge in [0.1, 0.15) is 0 Å². The molecule has 19 heavy (non-hydrogen) atoms. The van der Waals surface area contributed by atoms with Crippen LogP contribution in [0.4, 0.5) is 5.69 Å². The monoisotopic (exact) mass is 253 g/mol. The summed E-state index contributed by atoms with van der Waals surface area (Å²) in [6.07, 6.45) is 1.61. The number of nitrogens with two attached hydrogens (primary N) is 1. The number of carbonyl (C=O) groups excluding carboxylic acids is 1. The number of rotatable bonds is 3. The number of nitrogen functional groups attached to an aromatic ring is 1. The van der Waals surface area contributed by atoms with Crippen molar-refractivity contribution in [2.75, 3.05) is 5.73 Å². The Morgan fingerprint density at radius 1 is 1.11 bits per heavy atom. The molecule has 0 aliphatic rings. The van der Waals surface area contributed by atoms with E-state index in [0.717, 1.165) is 5.56 Å². The fourth-order valence-corrected chi connectivity index (χ4v) is 1.52. The molecule has 3 N–H and O–H groups in total. The molecule has 0 saturated carbocycles. The predicted octanol–water partition coefficient (Wildman–Crippen LogP) is 2.34. The van der Waals surface area contributed by atoms with E-state index < -0.39 is 0 Å². The van der Waals surface area contributed by atoms with Gasteiger partial charge in [-0.05, 0) is 36.8 Å². The number of hydrogen-bond acceptors (Lipinski definition) is 3. The Hall–Kier alpha value is -2.62. The van der Waals surface area contributed by atoms with E-state index >= 15 is 0 Å². The van der Waals surface area contributed by atoms with Crippen molar-refractivity contribution in [3.8, 4) is 0 Å². The molecule has 2 aromatic rings. The third kappa shape index (κ3) is 3.67. The summed E-state index contributed by atoms with van der Waals surface area (Å²) < 4.78 is 0. The number of benzene rings is 2. The van der Waals surface area contributed by atoms with Crippen molar-refractivity contribution in [1.29, 1.82) is 0 Å². The number of hydrazone groups is 1. The number of nitrogens with zero attached hydrogens (tertiary/aromatic N) is 1. The highest BCUT2D eigenvalue weighted by atomic mass is 16.2. The molecule has 0 heterocycles. The summed E-state index contributed by atoms with van der Waals surface area (Å²) in [5.74, 6) is -0.261. The van der Waals surface area contributed by atoms with Crippen molar-refractivity contribution < 1.29 is 4.79 Å². The summed E-state index contributed by atoms with van der Waals surface area (Å²) in [6, 6.07) is 14.5. The van der Waals surface area contributed by atoms with Crippen LogP contribution in [0.5, 0.6) is 0 Å². The first-order chi connectivity index (χ1) is 9.15. The van der Waals surface area contributed by atoms with Crippen LogP contribution in [0.15, 0.2) is 53.6 Å². The summed E-state index contributed by atoms with van der Waals surface area (Å²) in [7, 11) is 0. The molecule has 0 atom stereocenters. The third-order valence-electron chi connectivity index (χ3n) is 2.63. The second-order valence-corrected chi connectivity index (χ2v) is 4.23. The van der Waals surface area contributed by atoms with E-state index in [0.29, 0.717) is 11.3 Å². The Labute approximate surface area is 112 Å². The molecule has 2 aromatic carbocycles. The Morgan fingerprint density at radius 2 is 1.74 bits per heavy atom. The van der Waals surface area contributed by atoms with Gasteiger partial charge in [-0.25, -0.2) is 5.43 Å². The van der Waals surface area contributed by atoms with Gasteiger partial charge in [0, 0.05) is 11.3 Å². The van der Waals surface area contributed by atoms with Gasteiger partial charge in [-0.3, -0.25) is 4.79 Å². The van der Waals surface area contributed by atoms with E-state index in [2.05, 4.69) is 10.5 Å². The van der Waals surface area contributed by atoms with E-state index in [-0.39, 0.29) is 5.91 Å². The highest BCUT2D eigenvalue weighted by molar-refractivity contribution is 5.95. The van der Waals surface area contributed by atoms with Crippen LogP contribution in [0.2, 0.25) is 0 Å². The van der Waals surface area contributed by atoms with Crippen LogP contribution in [0.25, 0.3) is 0 Å². The molecule has 0 spiro atoms. The fraction of sp³-hybridized carbons (Fsp3) is 0.0667. The summed E-state index contributed by atoms with van der Waals surface area (Å²) in [5, 5.41) is 3.91. The number of anilines is 1. The minimum atomic E-state index is -0.261. The van der Waals surface area contributed by atoms with Crippen molar-refractivity contribution in [3.05, 3.63) is 65.2 Å². The molecule has 0 unspecified atom stereocenters. The van der Waals surface area contributed by atoms with Gasteiger partial charge in [-0.15, -0.1) is 0 Å². The predicted molar refractivity (Wildman–Crippen MR) is 77.1 cm³/mol. The molecule has 4 heteroatoms. The van der Waals surface area contributed by atoms with Gasteiger partial charge in [-0.2, -0.15) is 5.10 Å². The first-order valence-corrected chi connectivity index (χ1v) is 5.91. The van der Waals surface area contributed by atoms with Gasteiger partial charge in [0.25, 0.3) is 5.91 Å². The Bertz CT molecular complexity index is 586. The lowest BCUT2D eigenvalue weighted by Gasteiger charge is -2.00. The van der Waals surface area contributed by atoms with Crippen LogP contribution >= 0.6 is 0 Å². The van der Waals surface area contributed by atoms with Crippen molar-refractivity contribution in [1.82, 2.24) is 5.43 Å². The highest BCUT2D eigenvalue weighted by Crippen LogP contribution is 2.05. The lowest BCUT2D eigenvalue weighted by Crippen LogP contribution is -2.17. The zero-order valence-corrected chi connectivity index (χ0v) is 10.6. The minimum Gasteiger partial charge on any atom is -0.399 e. The average Bonchev–Trinajstić information content (AvgIpc) is 2.41. The molecule has 4 nitrogen and oxygen atoms in total. The first kappa shape index (κ1) is 12.8. The Kier molecular flexibility index (Phi) is 3.93. The van der Waals surface area contributed by atoms with Gasteiger partial charge >= 0.3 is 0 Å². The average molecular weight is 253 g/mol. The second-order valence-electron chi connectivity index (χ2n) is 4.23. The standard InChI is InChI=1S/C15H15N3O/c1-11-2-4-12(5-3-11)10-17-18-15(19)13-6-8-14(16)9-7-13/h2-10H,16H2,1H3,(H,18,19). The molecule has 0 saturated heterocycles. The quantitative estimate of drug-likeness (QED) is 0.501. The molecule has 2 rings (SSSR count). The van der Waals surface area contributed by atoms with Gasteiger partial charge in [-0.1, -0.05) is 29.8 Å². The van der Waals surface area contributed by atoms with E-state index in [4.69, 9.17) is 5.73 Å². The summed E-state index contributed by atoms with van der Waals surface area (Å²) in [5.41, 5.74) is 11.3. The second kappa shape index (κ2) is 5.82. The third-order valence-corrected chi connectivity index (χ3v) is 2.63. The fourth-order valence-electron chi connectivity index (χ4n) is 1.52. The Morgan fingerprint density at radius 3 is 2.37 bits per heavy atom. The van der Waals surface area contributed by atoms with Crippen molar-refractivity contribution in [3.63, 3.8) is 0 Å². The lowest BCUT2D eigenvalue weighted by atomic mass is 10.2. The maximum Gasteiger partial charge on any atom is 0.271 e. The van der Waals surface area contributed by atoms with E-state index in [9.17, 15) is 4.79 Å². The largest absolute Gasteiger partial charge is 0.399 e. The van der Waals surface area contributed by atoms with Crippen LogP contribution in [0, 0.1) is 6.92 Å². The summed E-state index contributed by atoms with van der Waals surface area (Å²) >= 11 is 0. The number of hydrogen-bond donors (Lipinski definition) is 2. The number of aryl methyl sites for hydroxylation is 1. The molecule has 0 aromatic heterocycles. The topological polar surface area (TPSA) is 67.5 Å². The highest BCUT2D eigenvalue weighted by Gasteiger charge is 2.02. The molecule has 0 aliphatic carbocycles. The molecular weight excluding hydrogens is 238 g/mol. The van der Waals surface area contributed by atoms with Gasteiger partial charge in [0.05, 0.1) is 6.21 Å². The zero-order chi connectivity index (χ0) is 13.7. The molecule has 0 bridgehead atoms. The van der Waals surface area contributed by atoms with Gasteiger partial charge in [0.15, 0.2) is 0 Å². The van der Waals surface area contributed by atoms with E-state index in [1.165, 1.54) is 5.56 Å². The number of carbonyl (C=O) groups is 1. The first-order valence-electron chi connectivity index (χ1n) is 5.91. The molecule has 1 amide bonds. The molecule has 0 aliphatic heterocycles. The van der Waals surface area contributed by atoms with Crippen molar-refractivity contribution in [2.45, 2.75) is 6.92 Å².